The lowest BCUT2D eigenvalue weighted by Gasteiger charge is -2.03. The van der Waals surface area contributed by atoms with Crippen LogP contribution in [0, 0.1) is 0 Å². The van der Waals surface area contributed by atoms with E-state index in [2.05, 4.69) is 15.7 Å². The van der Waals surface area contributed by atoms with Crippen molar-refractivity contribution in [1.82, 2.24) is 4.98 Å². The SMILES string of the molecule is NOC(=O)CC(C=O)c1nccs1. The smallest absolute Gasteiger partial charge is 0.325 e. The van der Waals surface area contributed by atoms with Crippen molar-refractivity contribution in [1.29, 1.82) is 0 Å². The summed E-state index contributed by atoms with van der Waals surface area (Å²) >= 11 is 1.32. The number of thiazole rings is 1. The number of nitrogens with zero attached hydrogens (tertiary/aromatic N) is 1. The number of aldehydes is 1. The van der Waals surface area contributed by atoms with Crippen LogP contribution in [0.2, 0.25) is 0 Å². The summed E-state index contributed by atoms with van der Waals surface area (Å²) in [6, 6.07) is 0. The zero-order chi connectivity index (χ0) is 9.68. The Hall–Kier alpha value is -1.27. The maximum Gasteiger partial charge on any atom is 0.325 e. The van der Waals surface area contributed by atoms with Gasteiger partial charge in [-0.05, 0) is 0 Å². The molecule has 0 fully saturated rings. The number of rotatable bonds is 4. The van der Waals surface area contributed by atoms with Crippen molar-refractivity contribution in [3.05, 3.63) is 16.6 Å². The second-order valence-corrected chi connectivity index (χ2v) is 3.23. The fourth-order valence-electron chi connectivity index (χ4n) is 0.839. The molecule has 0 bridgehead atoms. The third-order valence-electron chi connectivity index (χ3n) is 1.45. The van der Waals surface area contributed by atoms with E-state index < -0.39 is 11.9 Å². The van der Waals surface area contributed by atoms with Gasteiger partial charge in [-0.25, -0.2) is 4.98 Å². The number of nitrogens with two attached hydrogens (primary N) is 1. The van der Waals surface area contributed by atoms with Crippen LogP contribution in [0.15, 0.2) is 11.6 Å². The normalized spacial score (nSPS) is 12.1. The van der Waals surface area contributed by atoms with Crippen molar-refractivity contribution >= 4 is 23.6 Å². The third kappa shape index (κ3) is 2.60. The van der Waals surface area contributed by atoms with Crippen LogP contribution < -0.4 is 5.90 Å². The van der Waals surface area contributed by atoms with Crippen molar-refractivity contribution < 1.29 is 14.4 Å². The molecular weight excluding hydrogens is 192 g/mol. The Morgan fingerprint density at radius 1 is 1.85 bits per heavy atom. The van der Waals surface area contributed by atoms with E-state index >= 15 is 0 Å². The first-order chi connectivity index (χ1) is 6.27. The fraction of sp³-hybridized carbons (Fsp3) is 0.286. The van der Waals surface area contributed by atoms with Crippen molar-refractivity contribution in [3.8, 4) is 0 Å². The molecule has 0 aromatic carbocycles. The topological polar surface area (TPSA) is 82.3 Å². The highest BCUT2D eigenvalue weighted by atomic mass is 32.1. The molecule has 1 unspecified atom stereocenters. The maximum atomic E-state index is 10.7. The van der Waals surface area contributed by atoms with Gasteiger partial charge in [0.1, 0.15) is 11.3 Å². The average Bonchev–Trinajstić information content (AvgIpc) is 2.66. The van der Waals surface area contributed by atoms with Crippen LogP contribution in [-0.4, -0.2) is 17.2 Å². The largest absolute Gasteiger partial charge is 0.373 e. The number of hydrogen-bond donors (Lipinski definition) is 1. The molecule has 0 aliphatic carbocycles. The van der Waals surface area contributed by atoms with Gasteiger partial charge in [0.2, 0.25) is 0 Å². The average molecular weight is 200 g/mol. The molecule has 0 amide bonds. The van der Waals surface area contributed by atoms with E-state index in [-0.39, 0.29) is 6.42 Å². The molecule has 0 radical (unpaired) electrons. The Labute approximate surface area is 78.5 Å². The summed E-state index contributed by atoms with van der Waals surface area (Å²) < 4.78 is 0. The van der Waals surface area contributed by atoms with Gasteiger partial charge in [-0.2, -0.15) is 5.90 Å². The zero-order valence-corrected chi connectivity index (χ0v) is 7.49. The van der Waals surface area contributed by atoms with Crippen LogP contribution in [0.3, 0.4) is 0 Å². The summed E-state index contributed by atoms with van der Waals surface area (Å²) in [5.41, 5.74) is 0. The van der Waals surface area contributed by atoms with Gasteiger partial charge in [-0.1, -0.05) is 0 Å². The monoisotopic (exact) mass is 200 g/mol. The number of carbonyl (C=O) groups excluding carboxylic acids is 2. The van der Waals surface area contributed by atoms with Crippen molar-refractivity contribution in [2.75, 3.05) is 0 Å². The molecule has 0 aliphatic heterocycles. The molecule has 0 saturated carbocycles. The Morgan fingerprint density at radius 3 is 3.08 bits per heavy atom. The van der Waals surface area contributed by atoms with Crippen molar-refractivity contribution in [2.24, 2.45) is 5.90 Å². The van der Waals surface area contributed by atoms with Crippen LogP contribution in [0.4, 0.5) is 0 Å². The number of hydrogen-bond acceptors (Lipinski definition) is 6. The minimum absolute atomic E-state index is 0.0620. The summed E-state index contributed by atoms with van der Waals surface area (Å²) in [7, 11) is 0. The quantitative estimate of drug-likeness (QED) is 0.555. The summed E-state index contributed by atoms with van der Waals surface area (Å²) in [5.74, 6) is 3.48. The van der Waals surface area contributed by atoms with Crippen molar-refractivity contribution in [3.63, 3.8) is 0 Å². The predicted octanol–water partition coefficient (Wildman–Crippen LogP) is 0.233. The summed E-state index contributed by atoms with van der Waals surface area (Å²) in [6.07, 6.45) is 2.17. The maximum absolute atomic E-state index is 10.7. The van der Waals surface area contributed by atoms with Crippen LogP contribution in [0.5, 0.6) is 0 Å². The van der Waals surface area contributed by atoms with E-state index in [1.807, 2.05) is 0 Å². The van der Waals surface area contributed by atoms with Gasteiger partial charge < -0.3 is 9.63 Å². The molecule has 1 aromatic heterocycles. The minimum Gasteiger partial charge on any atom is -0.373 e. The van der Waals surface area contributed by atoms with Gasteiger partial charge in [0, 0.05) is 11.6 Å². The number of aromatic nitrogens is 1. The van der Waals surface area contributed by atoms with Gasteiger partial charge >= 0.3 is 5.97 Å². The molecule has 1 atom stereocenters. The highest BCUT2D eigenvalue weighted by Gasteiger charge is 2.17. The molecule has 0 saturated heterocycles. The molecule has 2 N–H and O–H groups in total. The highest BCUT2D eigenvalue weighted by molar-refractivity contribution is 7.09. The molecule has 1 heterocycles. The Bertz CT molecular complexity index is 286. The Kier molecular flexibility index (Phi) is 3.53. The van der Waals surface area contributed by atoms with E-state index in [4.69, 9.17) is 0 Å². The van der Waals surface area contributed by atoms with Crippen molar-refractivity contribution in [2.45, 2.75) is 12.3 Å². The molecular formula is C7H8N2O3S. The van der Waals surface area contributed by atoms with E-state index in [9.17, 15) is 9.59 Å². The van der Waals surface area contributed by atoms with E-state index in [0.29, 0.717) is 11.3 Å². The van der Waals surface area contributed by atoms with Crippen LogP contribution in [0.1, 0.15) is 17.3 Å². The summed E-state index contributed by atoms with van der Waals surface area (Å²) in [6.45, 7) is 0. The molecule has 1 rings (SSSR count). The highest BCUT2D eigenvalue weighted by Crippen LogP contribution is 2.19. The van der Waals surface area contributed by atoms with E-state index in [0.717, 1.165) is 0 Å². The van der Waals surface area contributed by atoms with Crippen LogP contribution in [0.25, 0.3) is 0 Å². The Morgan fingerprint density at radius 2 is 2.62 bits per heavy atom. The minimum atomic E-state index is -0.618. The molecule has 13 heavy (non-hydrogen) atoms. The Balaban J connectivity index is 2.64. The van der Waals surface area contributed by atoms with Gasteiger partial charge in [-0.3, -0.25) is 4.79 Å². The number of carbonyl (C=O) groups is 2. The lowest BCUT2D eigenvalue weighted by atomic mass is 10.1. The van der Waals surface area contributed by atoms with Gasteiger partial charge in [0.15, 0.2) is 0 Å². The third-order valence-corrected chi connectivity index (χ3v) is 2.36. The van der Waals surface area contributed by atoms with E-state index in [1.54, 1.807) is 11.6 Å². The first kappa shape index (κ1) is 9.82. The lowest BCUT2D eigenvalue weighted by Crippen LogP contribution is -2.14. The molecule has 5 nitrogen and oxygen atoms in total. The first-order valence-electron chi connectivity index (χ1n) is 3.52. The van der Waals surface area contributed by atoms with Gasteiger partial charge in [0.25, 0.3) is 0 Å². The lowest BCUT2D eigenvalue weighted by molar-refractivity contribution is -0.145. The summed E-state index contributed by atoms with van der Waals surface area (Å²) in [4.78, 5) is 29.2. The van der Waals surface area contributed by atoms with Crippen LogP contribution >= 0.6 is 11.3 Å². The molecule has 70 valence electrons. The molecule has 0 spiro atoms. The fourth-order valence-corrected chi connectivity index (χ4v) is 1.54. The molecule has 0 aliphatic rings. The first-order valence-corrected chi connectivity index (χ1v) is 4.40. The second kappa shape index (κ2) is 4.68. The van der Waals surface area contributed by atoms with E-state index in [1.165, 1.54) is 11.3 Å². The second-order valence-electron chi connectivity index (χ2n) is 2.31. The van der Waals surface area contributed by atoms with Crippen LogP contribution in [-0.2, 0) is 14.4 Å². The molecule has 1 aromatic rings. The zero-order valence-electron chi connectivity index (χ0n) is 6.67. The van der Waals surface area contributed by atoms with Gasteiger partial charge in [-0.15, -0.1) is 11.3 Å². The van der Waals surface area contributed by atoms with Gasteiger partial charge in [0.05, 0.1) is 12.3 Å². The standard InChI is InChI=1S/C7H8N2O3S/c8-12-6(11)3-5(4-10)7-9-1-2-13-7/h1-2,4-5H,3,8H2. The summed E-state index contributed by atoms with van der Waals surface area (Å²) in [5, 5.41) is 2.33. The molecule has 6 heteroatoms. The predicted molar refractivity (Wildman–Crippen MR) is 45.8 cm³/mol.